The predicted octanol–water partition coefficient (Wildman–Crippen LogP) is 6.80. The minimum Gasteiger partial charge on any atom is -0.494 e. The molecule has 0 radical (unpaired) electrons. The third kappa shape index (κ3) is 4.57. The summed E-state index contributed by atoms with van der Waals surface area (Å²) in [5, 5.41) is 2.40. The highest BCUT2D eigenvalue weighted by atomic mass is 16.5. The summed E-state index contributed by atoms with van der Waals surface area (Å²) in [6.45, 7) is 6.21. The molecule has 1 unspecified atom stereocenters. The molecule has 0 aliphatic carbocycles. The van der Waals surface area contributed by atoms with Gasteiger partial charge in [-0.1, -0.05) is 60.2 Å². The lowest BCUT2D eigenvalue weighted by Gasteiger charge is -2.20. The van der Waals surface area contributed by atoms with Crippen molar-refractivity contribution in [2.45, 2.75) is 39.2 Å². The van der Waals surface area contributed by atoms with E-state index < -0.39 is 0 Å². The van der Waals surface area contributed by atoms with E-state index in [1.807, 2.05) is 23.1 Å². The second kappa shape index (κ2) is 9.74. The number of amides is 1. The lowest BCUT2D eigenvalue weighted by molar-refractivity contribution is -0.117. The van der Waals surface area contributed by atoms with E-state index in [4.69, 9.17) is 9.72 Å². The molecule has 1 aliphatic rings. The smallest absolute Gasteiger partial charge is 0.227 e. The van der Waals surface area contributed by atoms with Gasteiger partial charge >= 0.3 is 0 Å². The summed E-state index contributed by atoms with van der Waals surface area (Å²) in [7, 11) is 0. The van der Waals surface area contributed by atoms with E-state index in [-0.39, 0.29) is 11.8 Å². The van der Waals surface area contributed by atoms with Crippen molar-refractivity contribution in [2.75, 3.05) is 18.1 Å². The summed E-state index contributed by atoms with van der Waals surface area (Å²) in [6, 6.07) is 29.1. The fourth-order valence-electron chi connectivity index (χ4n) is 5.53. The summed E-state index contributed by atoms with van der Waals surface area (Å²) < 4.78 is 8.40. The fourth-order valence-corrected chi connectivity index (χ4v) is 5.53. The molecule has 5 aromatic rings. The van der Waals surface area contributed by atoms with E-state index in [1.54, 1.807) is 0 Å². The normalized spacial score (nSPS) is 15.7. The van der Waals surface area contributed by atoms with Gasteiger partial charge in [0, 0.05) is 31.1 Å². The molecule has 1 saturated heterocycles. The Balaban J connectivity index is 1.20. The number of hydrogen-bond donors (Lipinski definition) is 0. The van der Waals surface area contributed by atoms with E-state index >= 15 is 0 Å². The van der Waals surface area contributed by atoms with Gasteiger partial charge in [0.1, 0.15) is 11.6 Å². The van der Waals surface area contributed by atoms with Crippen LogP contribution in [-0.2, 0) is 11.3 Å². The second-order valence-corrected chi connectivity index (χ2v) is 10.0. The topological polar surface area (TPSA) is 47.4 Å². The van der Waals surface area contributed by atoms with Crippen molar-refractivity contribution in [3.05, 3.63) is 102 Å². The lowest BCUT2D eigenvalue weighted by atomic mass is 10.1. The average Bonchev–Trinajstić information content (AvgIpc) is 3.47. The van der Waals surface area contributed by atoms with Crippen LogP contribution in [0, 0.1) is 13.8 Å². The molecule has 2 heterocycles. The molecule has 1 amide bonds. The van der Waals surface area contributed by atoms with Crippen molar-refractivity contribution in [3.8, 4) is 5.75 Å². The Morgan fingerprint density at radius 2 is 1.73 bits per heavy atom. The third-order valence-electron chi connectivity index (χ3n) is 7.33. The number of ether oxygens (including phenoxy) is 1. The number of aromatic nitrogens is 2. The second-order valence-electron chi connectivity index (χ2n) is 10.0. The molecule has 0 N–H and O–H groups in total. The van der Waals surface area contributed by atoms with Crippen LogP contribution in [0.3, 0.4) is 0 Å². The van der Waals surface area contributed by atoms with Crippen molar-refractivity contribution < 1.29 is 9.53 Å². The molecule has 0 spiro atoms. The zero-order chi connectivity index (χ0) is 25.4. The predicted molar refractivity (Wildman–Crippen MR) is 149 cm³/mol. The molecular formula is C32H31N3O2. The van der Waals surface area contributed by atoms with E-state index in [1.165, 1.54) is 16.3 Å². The van der Waals surface area contributed by atoms with Gasteiger partial charge in [0.2, 0.25) is 5.91 Å². The van der Waals surface area contributed by atoms with Gasteiger partial charge in [-0.15, -0.1) is 0 Å². The fraction of sp³-hybridized carbons (Fsp3) is 0.250. The number of fused-ring (bicyclic) bond motifs is 2. The number of hydrogen-bond acceptors (Lipinski definition) is 3. The molecule has 0 bridgehead atoms. The van der Waals surface area contributed by atoms with Crippen LogP contribution in [0.5, 0.6) is 5.75 Å². The van der Waals surface area contributed by atoms with Crippen molar-refractivity contribution in [3.63, 3.8) is 0 Å². The largest absolute Gasteiger partial charge is 0.494 e. The number of para-hydroxylation sites is 2. The molecule has 0 saturated carbocycles. The number of carbonyl (C=O) groups is 1. The number of rotatable bonds is 7. The van der Waals surface area contributed by atoms with Crippen LogP contribution in [0.25, 0.3) is 21.8 Å². The quantitative estimate of drug-likeness (QED) is 0.236. The highest BCUT2D eigenvalue weighted by Gasteiger charge is 2.35. The maximum atomic E-state index is 13.1. The maximum absolute atomic E-state index is 13.1. The number of aryl methyl sites for hydroxylation is 3. The first-order valence-electron chi connectivity index (χ1n) is 13.0. The standard InChI is InChI=1S/C32H31N3O2/c1-22-12-15-29(23(2)18-22)35-21-26(20-31(35)36)32-33-28-10-5-6-11-30(28)34(32)16-7-17-37-27-14-13-24-8-3-4-9-25(24)19-27/h3-6,8-15,18-19,26H,7,16-17,20-21H2,1-2H3. The molecule has 1 aliphatic heterocycles. The first-order chi connectivity index (χ1) is 18.1. The highest BCUT2D eigenvalue weighted by molar-refractivity contribution is 5.97. The first-order valence-corrected chi connectivity index (χ1v) is 13.0. The van der Waals surface area contributed by atoms with Crippen molar-refractivity contribution in [1.82, 2.24) is 9.55 Å². The van der Waals surface area contributed by atoms with Crippen molar-refractivity contribution in [2.24, 2.45) is 0 Å². The van der Waals surface area contributed by atoms with Crippen molar-refractivity contribution >= 4 is 33.4 Å². The molecule has 186 valence electrons. The molecule has 37 heavy (non-hydrogen) atoms. The number of benzene rings is 4. The summed E-state index contributed by atoms with van der Waals surface area (Å²) in [4.78, 5) is 20.0. The minimum absolute atomic E-state index is 0.0574. The summed E-state index contributed by atoms with van der Waals surface area (Å²) in [5.41, 5.74) is 5.43. The van der Waals surface area contributed by atoms with Crippen LogP contribution in [-0.4, -0.2) is 28.6 Å². The number of imidazole rings is 1. The van der Waals surface area contributed by atoms with Gasteiger partial charge in [0.05, 0.1) is 17.6 Å². The molecule has 1 aromatic heterocycles. The van der Waals surface area contributed by atoms with Gasteiger partial charge in [0.25, 0.3) is 0 Å². The van der Waals surface area contributed by atoms with E-state index in [0.717, 1.165) is 46.8 Å². The summed E-state index contributed by atoms with van der Waals surface area (Å²) in [5.74, 6) is 2.10. The molecule has 4 aromatic carbocycles. The van der Waals surface area contributed by atoms with Crippen molar-refractivity contribution in [1.29, 1.82) is 0 Å². The van der Waals surface area contributed by atoms with Crippen LogP contribution in [0.2, 0.25) is 0 Å². The molecular weight excluding hydrogens is 458 g/mol. The van der Waals surface area contributed by atoms with E-state index in [9.17, 15) is 4.79 Å². The average molecular weight is 490 g/mol. The Bertz CT molecular complexity index is 1600. The highest BCUT2D eigenvalue weighted by Crippen LogP contribution is 2.35. The van der Waals surface area contributed by atoms with Gasteiger partial charge in [0.15, 0.2) is 0 Å². The van der Waals surface area contributed by atoms with Gasteiger partial charge in [-0.25, -0.2) is 4.98 Å². The molecule has 5 heteroatoms. The third-order valence-corrected chi connectivity index (χ3v) is 7.33. The lowest BCUT2D eigenvalue weighted by Crippen LogP contribution is -2.25. The Labute approximate surface area is 217 Å². The molecule has 5 nitrogen and oxygen atoms in total. The van der Waals surface area contributed by atoms with Gasteiger partial charge in [-0.3, -0.25) is 4.79 Å². The summed E-state index contributed by atoms with van der Waals surface area (Å²) >= 11 is 0. The van der Waals surface area contributed by atoms with E-state index in [2.05, 4.69) is 85.1 Å². The first kappa shape index (κ1) is 23.3. The van der Waals surface area contributed by atoms with Crippen LogP contribution < -0.4 is 9.64 Å². The van der Waals surface area contributed by atoms with Gasteiger partial charge in [-0.05, 0) is 66.9 Å². The minimum atomic E-state index is 0.0574. The number of anilines is 1. The Hall–Kier alpha value is -4.12. The number of carbonyl (C=O) groups excluding carboxylic acids is 1. The Kier molecular flexibility index (Phi) is 6.13. The molecule has 1 atom stereocenters. The molecule has 6 rings (SSSR count). The molecule has 1 fully saturated rings. The zero-order valence-electron chi connectivity index (χ0n) is 21.4. The monoisotopic (exact) mass is 489 g/mol. The van der Waals surface area contributed by atoms with Crippen LogP contribution in [0.1, 0.15) is 35.7 Å². The van der Waals surface area contributed by atoms with E-state index in [0.29, 0.717) is 19.6 Å². The van der Waals surface area contributed by atoms with Crippen LogP contribution in [0.15, 0.2) is 84.9 Å². The number of nitrogens with zero attached hydrogens (tertiary/aromatic N) is 3. The Morgan fingerprint density at radius 1 is 0.919 bits per heavy atom. The van der Waals surface area contributed by atoms with Crippen LogP contribution in [0.4, 0.5) is 5.69 Å². The Morgan fingerprint density at radius 3 is 2.59 bits per heavy atom. The van der Waals surface area contributed by atoms with Crippen LogP contribution >= 0.6 is 0 Å². The SMILES string of the molecule is Cc1ccc(N2CC(c3nc4ccccc4n3CCCOc3ccc4ccccc4c3)CC2=O)c(C)c1. The van der Waals surface area contributed by atoms with Gasteiger partial charge < -0.3 is 14.2 Å². The summed E-state index contributed by atoms with van der Waals surface area (Å²) in [6.07, 6.45) is 1.33. The zero-order valence-corrected chi connectivity index (χ0v) is 21.4. The maximum Gasteiger partial charge on any atom is 0.227 e. The van der Waals surface area contributed by atoms with Gasteiger partial charge in [-0.2, -0.15) is 0 Å².